The Morgan fingerprint density at radius 1 is 1.15 bits per heavy atom. The van der Waals surface area contributed by atoms with Crippen LogP contribution in [-0.4, -0.2) is 25.6 Å². The summed E-state index contributed by atoms with van der Waals surface area (Å²) in [4.78, 5) is 26.1. The van der Waals surface area contributed by atoms with Gasteiger partial charge in [-0.3, -0.25) is 4.79 Å². The Morgan fingerprint density at radius 3 is 2.54 bits per heavy atom. The fourth-order valence-corrected chi connectivity index (χ4v) is 3.35. The number of hydrogen-bond donors (Lipinski definition) is 2. The average Bonchev–Trinajstić information content (AvgIpc) is 3.05. The highest BCUT2D eigenvalue weighted by Gasteiger charge is 2.23. The largest absolute Gasteiger partial charge is 0.495 e. The van der Waals surface area contributed by atoms with Crippen LogP contribution in [0.25, 0.3) is 0 Å². The molecule has 0 radical (unpaired) electrons. The minimum absolute atomic E-state index is 0.0901. The number of halogens is 1. The number of ether oxygens (including phenoxy) is 1. The molecule has 0 aromatic heterocycles. The standard InChI is InChI=1S/C19H20BrN3O3/c1-3-18(24)23-9-8-12-4-5-13(10-16(12)23)21-19(25)22-14-6-7-15(20)17(11-14)26-2/h4-7,10-11H,3,8-9H2,1-2H3,(H2,21,22,25). The van der Waals surface area contributed by atoms with Crippen LogP contribution in [0.15, 0.2) is 40.9 Å². The normalized spacial score (nSPS) is 12.5. The van der Waals surface area contributed by atoms with Crippen molar-refractivity contribution >= 4 is 44.9 Å². The fraction of sp³-hybridized carbons (Fsp3) is 0.263. The van der Waals surface area contributed by atoms with Gasteiger partial charge in [0.2, 0.25) is 5.91 Å². The Bertz CT molecular complexity index is 854. The van der Waals surface area contributed by atoms with Gasteiger partial charge in [-0.1, -0.05) is 13.0 Å². The van der Waals surface area contributed by atoms with Crippen LogP contribution in [0.2, 0.25) is 0 Å². The predicted molar refractivity (Wildman–Crippen MR) is 106 cm³/mol. The number of hydrogen-bond acceptors (Lipinski definition) is 3. The first-order valence-corrected chi connectivity index (χ1v) is 9.16. The molecule has 2 N–H and O–H groups in total. The van der Waals surface area contributed by atoms with E-state index in [1.807, 2.05) is 25.1 Å². The van der Waals surface area contributed by atoms with Crippen molar-refractivity contribution < 1.29 is 14.3 Å². The first-order valence-electron chi connectivity index (χ1n) is 8.36. The van der Waals surface area contributed by atoms with Gasteiger partial charge in [-0.05, 0) is 52.2 Å². The first kappa shape index (κ1) is 18.3. The number of carbonyl (C=O) groups is 2. The van der Waals surface area contributed by atoms with Gasteiger partial charge in [0, 0.05) is 36.1 Å². The quantitative estimate of drug-likeness (QED) is 0.773. The van der Waals surface area contributed by atoms with Gasteiger partial charge in [0.25, 0.3) is 0 Å². The summed E-state index contributed by atoms with van der Waals surface area (Å²) in [7, 11) is 1.57. The predicted octanol–water partition coefficient (Wildman–Crippen LogP) is 4.40. The number of amides is 3. The molecule has 136 valence electrons. The number of methoxy groups -OCH3 is 1. The molecule has 0 atom stereocenters. The summed E-state index contributed by atoms with van der Waals surface area (Å²) in [5.74, 6) is 0.723. The van der Waals surface area contributed by atoms with Crippen molar-refractivity contribution in [3.63, 3.8) is 0 Å². The molecule has 0 saturated heterocycles. The summed E-state index contributed by atoms with van der Waals surface area (Å²) in [6.07, 6.45) is 1.30. The summed E-state index contributed by atoms with van der Waals surface area (Å²) in [5, 5.41) is 5.58. The van der Waals surface area contributed by atoms with Crippen molar-refractivity contribution in [3.05, 3.63) is 46.4 Å². The van der Waals surface area contributed by atoms with E-state index in [1.54, 1.807) is 30.2 Å². The van der Waals surface area contributed by atoms with Crippen molar-refractivity contribution in [1.29, 1.82) is 0 Å². The van der Waals surface area contributed by atoms with Crippen LogP contribution >= 0.6 is 15.9 Å². The second-order valence-corrected chi connectivity index (χ2v) is 6.78. The summed E-state index contributed by atoms with van der Waals surface area (Å²) in [5.41, 5.74) is 3.25. The smallest absolute Gasteiger partial charge is 0.323 e. The number of fused-ring (bicyclic) bond motifs is 1. The molecule has 1 aliphatic rings. The minimum atomic E-state index is -0.360. The van der Waals surface area contributed by atoms with Gasteiger partial charge in [-0.2, -0.15) is 0 Å². The van der Waals surface area contributed by atoms with Gasteiger partial charge in [0.1, 0.15) is 5.75 Å². The number of carbonyl (C=O) groups excluding carboxylic acids is 2. The molecule has 0 unspecified atom stereocenters. The lowest BCUT2D eigenvalue weighted by Crippen LogP contribution is -2.28. The molecule has 2 aromatic carbocycles. The third-order valence-corrected chi connectivity index (χ3v) is 4.91. The highest BCUT2D eigenvalue weighted by Crippen LogP contribution is 2.32. The molecule has 0 aliphatic carbocycles. The molecule has 26 heavy (non-hydrogen) atoms. The number of benzene rings is 2. The van der Waals surface area contributed by atoms with Gasteiger partial charge in [-0.25, -0.2) is 4.79 Å². The highest BCUT2D eigenvalue weighted by molar-refractivity contribution is 9.10. The molecule has 0 spiro atoms. The van der Waals surface area contributed by atoms with Crippen LogP contribution in [0.4, 0.5) is 21.9 Å². The molecule has 2 aromatic rings. The van der Waals surface area contributed by atoms with Crippen LogP contribution in [0, 0.1) is 0 Å². The summed E-state index contributed by atoms with van der Waals surface area (Å²) < 4.78 is 6.04. The zero-order valence-corrected chi connectivity index (χ0v) is 16.2. The lowest BCUT2D eigenvalue weighted by molar-refractivity contribution is -0.118. The topological polar surface area (TPSA) is 70.7 Å². The zero-order chi connectivity index (χ0) is 18.7. The Labute approximate surface area is 160 Å². The summed E-state index contributed by atoms with van der Waals surface area (Å²) in [6.45, 7) is 2.54. The van der Waals surface area contributed by atoms with Gasteiger partial charge in [-0.15, -0.1) is 0 Å². The van der Waals surface area contributed by atoms with Gasteiger partial charge < -0.3 is 20.3 Å². The maximum Gasteiger partial charge on any atom is 0.323 e. The minimum Gasteiger partial charge on any atom is -0.495 e. The lowest BCUT2D eigenvalue weighted by atomic mass is 10.1. The molecule has 3 amide bonds. The maximum atomic E-state index is 12.3. The first-order chi connectivity index (χ1) is 12.5. The molecular weight excluding hydrogens is 398 g/mol. The number of nitrogens with one attached hydrogen (secondary N) is 2. The van der Waals surface area contributed by atoms with Crippen molar-refractivity contribution in [2.45, 2.75) is 19.8 Å². The second-order valence-electron chi connectivity index (χ2n) is 5.92. The molecule has 0 fully saturated rings. The Morgan fingerprint density at radius 2 is 1.85 bits per heavy atom. The lowest BCUT2D eigenvalue weighted by Gasteiger charge is -2.17. The van der Waals surface area contributed by atoms with Crippen molar-refractivity contribution in [2.75, 3.05) is 29.2 Å². The Kier molecular flexibility index (Phi) is 5.46. The van der Waals surface area contributed by atoms with Gasteiger partial charge in [0.15, 0.2) is 0 Å². The molecule has 0 bridgehead atoms. The van der Waals surface area contributed by atoms with Crippen molar-refractivity contribution in [2.24, 2.45) is 0 Å². The maximum absolute atomic E-state index is 12.3. The van der Waals surface area contributed by atoms with Crippen LogP contribution < -0.4 is 20.3 Å². The summed E-state index contributed by atoms with van der Waals surface area (Å²) >= 11 is 3.38. The second kappa shape index (κ2) is 7.78. The van der Waals surface area contributed by atoms with E-state index in [0.717, 1.165) is 22.1 Å². The van der Waals surface area contributed by atoms with E-state index in [1.165, 1.54) is 0 Å². The van der Waals surface area contributed by atoms with Crippen LogP contribution in [0.3, 0.4) is 0 Å². The monoisotopic (exact) mass is 417 g/mol. The van der Waals surface area contributed by atoms with Crippen molar-refractivity contribution in [3.8, 4) is 5.75 Å². The van der Waals surface area contributed by atoms with Crippen LogP contribution in [0.5, 0.6) is 5.75 Å². The number of nitrogens with zero attached hydrogens (tertiary/aromatic N) is 1. The van der Waals surface area contributed by atoms with E-state index >= 15 is 0 Å². The molecule has 0 saturated carbocycles. The molecular formula is C19H20BrN3O3. The molecule has 1 aliphatic heterocycles. The molecule has 7 heteroatoms. The fourth-order valence-electron chi connectivity index (χ4n) is 2.94. The Hall–Kier alpha value is -2.54. The molecule has 3 rings (SSSR count). The molecule has 6 nitrogen and oxygen atoms in total. The van der Waals surface area contributed by atoms with E-state index in [9.17, 15) is 9.59 Å². The average molecular weight is 418 g/mol. The zero-order valence-electron chi connectivity index (χ0n) is 14.6. The number of urea groups is 1. The van der Waals surface area contributed by atoms with E-state index in [-0.39, 0.29) is 11.9 Å². The van der Waals surface area contributed by atoms with E-state index in [2.05, 4.69) is 26.6 Å². The van der Waals surface area contributed by atoms with Gasteiger partial charge in [0.05, 0.1) is 11.6 Å². The number of anilines is 3. The van der Waals surface area contributed by atoms with E-state index < -0.39 is 0 Å². The third kappa shape index (κ3) is 3.83. The van der Waals surface area contributed by atoms with Crippen LogP contribution in [-0.2, 0) is 11.2 Å². The SMILES string of the molecule is CCC(=O)N1CCc2ccc(NC(=O)Nc3ccc(Br)c(OC)c3)cc21. The number of rotatable bonds is 4. The third-order valence-electron chi connectivity index (χ3n) is 4.25. The van der Waals surface area contributed by atoms with E-state index in [0.29, 0.717) is 30.1 Å². The summed E-state index contributed by atoms with van der Waals surface area (Å²) in [6, 6.07) is 10.6. The van der Waals surface area contributed by atoms with Crippen molar-refractivity contribution in [1.82, 2.24) is 0 Å². The highest BCUT2D eigenvalue weighted by atomic mass is 79.9. The van der Waals surface area contributed by atoms with Gasteiger partial charge >= 0.3 is 6.03 Å². The van der Waals surface area contributed by atoms with Crippen LogP contribution in [0.1, 0.15) is 18.9 Å². The van der Waals surface area contributed by atoms with E-state index in [4.69, 9.17) is 4.74 Å². The Balaban J connectivity index is 1.71. The molecule has 1 heterocycles.